The Balaban J connectivity index is 2.03. The smallest absolute Gasteiger partial charge is 0.336 e. The van der Waals surface area contributed by atoms with Crippen LogP contribution < -0.4 is 0 Å². The van der Waals surface area contributed by atoms with Gasteiger partial charge in [0.15, 0.2) is 0 Å². The van der Waals surface area contributed by atoms with E-state index in [0.29, 0.717) is 29.9 Å². The maximum Gasteiger partial charge on any atom is 0.336 e. The van der Waals surface area contributed by atoms with Gasteiger partial charge < -0.3 is 14.7 Å². The lowest BCUT2D eigenvalue weighted by Crippen LogP contribution is -2.37. The number of aromatic carboxylic acids is 1. The fraction of sp³-hybridized carbons (Fsp3) is 0.263. The topological polar surface area (TPSA) is 66.8 Å². The number of hydrogen-bond acceptors (Lipinski definition) is 3. The van der Waals surface area contributed by atoms with Crippen LogP contribution in [0.15, 0.2) is 48.5 Å². The Morgan fingerprint density at radius 1 is 1.04 bits per heavy atom. The Bertz CT molecular complexity index is 765. The summed E-state index contributed by atoms with van der Waals surface area (Å²) in [5, 5.41) is 9.43. The summed E-state index contributed by atoms with van der Waals surface area (Å²) >= 11 is 0. The average molecular weight is 325 g/mol. The molecule has 1 aliphatic heterocycles. The Hall–Kier alpha value is -2.66. The number of hydrogen-bond donors (Lipinski definition) is 1. The van der Waals surface area contributed by atoms with Gasteiger partial charge in [0.1, 0.15) is 0 Å². The molecular weight excluding hydrogens is 306 g/mol. The largest absolute Gasteiger partial charge is 0.478 e. The number of ether oxygens (including phenoxy) is 1. The second-order valence-electron chi connectivity index (χ2n) is 5.83. The molecule has 0 aliphatic carbocycles. The number of carboxylic acid groups (broad SMARTS) is 1. The van der Waals surface area contributed by atoms with E-state index in [4.69, 9.17) is 4.74 Å². The van der Waals surface area contributed by atoms with E-state index in [2.05, 4.69) is 0 Å². The Kier molecular flexibility index (Phi) is 4.62. The van der Waals surface area contributed by atoms with Gasteiger partial charge in [0.25, 0.3) is 5.91 Å². The molecule has 0 aromatic heterocycles. The number of benzene rings is 2. The highest BCUT2D eigenvalue weighted by Crippen LogP contribution is 2.28. The third-order valence-electron chi connectivity index (χ3n) is 4.38. The lowest BCUT2D eigenvalue weighted by Gasteiger charge is -2.24. The molecule has 1 saturated heterocycles. The molecule has 3 rings (SSSR count). The normalized spacial score (nSPS) is 16.8. The second kappa shape index (κ2) is 6.84. The summed E-state index contributed by atoms with van der Waals surface area (Å²) in [5.41, 5.74) is 1.86. The van der Waals surface area contributed by atoms with Crippen LogP contribution in [0.1, 0.15) is 27.1 Å². The van der Waals surface area contributed by atoms with Crippen LogP contribution in [0, 0.1) is 0 Å². The number of carboxylic acids is 1. The first-order valence-corrected chi connectivity index (χ1v) is 7.86. The van der Waals surface area contributed by atoms with Crippen LogP contribution in [0.25, 0.3) is 11.1 Å². The van der Waals surface area contributed by atoms with E-state index in [1.807, 2.05) is 6.07 Å². The van der Waals surface area contributed by atoms with Gasteiger partial charge in [-0.1, -0.05) is 36.4 Å². The monoisotopic (exact) mass is 325 g/mol. The molecule has 1 N–H and O–H groups in total. The second-order valence-corrected chi connectivity index (χ2v) is 5.83. The number of nitrogens with zero attached hydrogens (tertiary/aromatic N) is 1. The molecule has 1 heterocycles. The quantitative estimate of drug-likeness (QED) is 0.938. The molecule has 1 aliphatic rings. The van der Waals surface area contributed by atoms with Crippen molar-refractivity contribution in [1.82, 2.24) is 4.90 Å². The molecule has 1 fully saturated rings. The first-order valence-electron chi connectivity index (χ1n) is 7.86. The lowest BCUT2D eigenvalue weighted by atomic mass is 9.94. The van der Waals surface area contributed by atoms with Crippen LogP contribution in [0.2, 0.25) is 0 Å². The molecule has 5 nitrogen and oxygen atoms in total. The predicted octanol–water partition coefficient (Wildman–Crippen LogP) is 2.91. The van der Waals surface area contributed by atoms with Crippen molar-refractivity contribution >= 4 is 11.9 Å². The van der Waals surface area contributed by atoms with Gasteiger partial charge in [-0.05, 0) is 29.7 Å². The van der Waals surface area contributed by atoms with E-state index in [-0.39, 0.29) is 17.5 Å². The summed E-state index contributed by atoms with van der Waals surface area (Å²) in [6, 6.07) is 13.9. The Morgan fingerprint density at radius 3 is 2.21 bits per heavy atom. The van der Waals surface area contributed by atoms with Crippen LogP contribution >= 0.6 is 0 Å². The third kappa shape index (κ3) is 3.03. The van der Waals surface area contributed by atoms with Crippen molar-refractivity contribution in [1.29, 1.82) is 0 Å². The lowest BCUT2D eigenvalue weighted by molar-refractivity contribution is 0.0692. The van der Waals surface area contributed by atoms with E-state index < -0.39 is 5.97 Å². The SMILES string of the molecule is CN(C(=O)c1ccccc1-c1ccccc1C(=O)O)C1CCOC1. The van der Waals surface area contributed by atoms with Gasteiger partial charge >= 0.3 is 5.97 Å². The fourth-order valence-electron chi connectivity index (χ4n) is 2.99. The molecular formula is C19H19NO4. The number of carbonyl (C=O) groups excluding carboxylic acids is 1. The van der Waals surface area contributed by atoms with Gasteiger partial charge in [-0.2, -0.15) is 0 Å². The molecule has 0 saturated carbocycles. The third-order valence-corrected chi connectivity index (χ3v) is 4.38. The van der Waals surface area contributed by atoms with Crippen LogP contribution in [0.5, 0.6) is 0 Å². The van der Waals surface area contributed by atoms with Gasteiger partial charge in [-0.3, -0.25) is 4.79 Å². The van der Waals surface area contributed by atoms with Gasteiger partial charge in [0.05, 0.1) is 18.2 Å². The van der Waals surface area contributed by atoms with Crippen LogP contribution in [-0.4, -0.2) is 48.2 Å². The minimum atomic E-state index is -1.01. The minimum absolute atomic E-state index is 0.0558. The zero-order valence-electron chi connectivity index (χ0n) is 13.4. The number of amides is 1. The Labute approximate surface area is 140 Å². The van der Waals surface area contributed by atoms with Crippen molar-refractivity contribution < 1.29 is 19.4 Å². The maximum absolute atomic E-state index is 12.9. The molecule has 1 unspecified atom stereocenters. The molecule has 5 heteroatoms. The molecule has 0 spiro atoms. The van der Waals surface area contributed by atoms with Crippen molar-refractivity contribution in [2.24, 2.45) is 0 Å². The first kappa shape index (κ1) is 16.2. The van der Waals surface area contributed by atoms with Gasteiger partial charge in [0.2, 0.25) is 0 Å². The molecule has 2 aromatic carbocycles. The minimum Gasteiger partial charge on any atom is -0.478 e. The number of carbonyl (C=O) groups is 2. The summed E-state index contributed by atoms with van der Waals surface area (Å²) < 4.78 is 5.36. The molecule has 2 aromatic rings. The van der Waals surface area contributed by atoms with Gasteiger partial charge in [-0.15, -0.1) is 0 Å². The average Bonchev–Trinajstić information content (AvgIpc) is 3.15. The zero-order valence-corrected chi connectivity index (χ0v) is 13.4. The summed E-state index contributed by atoms with van der Waals surface area (Å²) in [5.74, 6) is -1.13. The highest BCUT2D eigenvalue weighted by Gasteiger charge is 2.27. The molecule has 1 atom stereocenters. The Morgan fingerprint density at radius 2 is 1.62 bits per heavy atom. The van der Waals surface area contributed by atoms with E-state index in [9.17, 15) is 14.7 Å². The maximum atomic E-state index is 12.9. The zero-order chi connectivity index (χ0) is 17.1. The molecule has 0 bridgehead atoms. The van der Waals surface area contributed by atoms with Crippen molar-refractivity contribution in [2.45, 2.75) is 12.5 Å². The summed E-state index contributed by atoms with van der Waals surface area (Å²) in [6.07, 6.45) is 0.816. The van der Waals surface area contributed by atoms with Crippen LogP contribution in [0.3, 0.4) is 0 Å². The number of likely N-dealkylation sites (N-methyl/N-ethyl adjacent to an activating group) is 1. The summed E-state index contributed by atoms with van der Waals surface area (Å²) in [6.45, 7) is 1.20. The number of rotatable bonds is 4. The highest BCUT2D eigenvalue weighted by molar-refractivity contribution is 6.04. The molecule has 24 heavy (non-hydrogen) atoms. The van der Waals surface area contributed by atoms with Crippen molar-refractivity contribution in [2.75, 3.05) is 20.3 Å². The van der Waals surface area contributed by atoms with E-state index in [0.717, 1.165) is 6.42 Å². The van der Waals surface area contributed by atoms with Crippen LogP contribution in [0.4, 0.5) is 0 Å². The van der Waals surface area contributed by atoms with Crippen molar-refractivity contribution in [3.05, 3.63) is 59.7 Å². The van der Waals surface area contributed by atoms with E-state index in [1.165, 1.54) is 0 Å². The van der Waals surface area contributed by atoms with Gasteiger partial charge in [0, 0.05) is 19.2 Å². The van der Waals surface area contributed by atoms with Crippen LogP contribution in [-0.2, 0) is 4.74 Å². The van der Waals surface area contributed by atoms with Crippen molar-refractivity contribution in [3.8, 4) is 11.1 Å². The van der Waals surface area contributed by atoms with E-state index in [1.54, 1.807) is 54.4 Å². The highest BCUT2D eigenvalue weighted by atomic mass is 16.5. The van der Waals surface area contributed by atoms with Crippen molar-refractivity contribution in [3.63, 3.8) is 0 Å². The standard InChI is InChI=1S/C19H19NO4/c1-20(13-10-11-24-12-13)18(21)16-8-4-2-6-14(16)15-7-3-5-9-17(15)19(22)23/h2-9,13H,10-12H2,1H3,(H,22,23). The molecule has 0 radical (unpaired) electrons. The summed E-state index contributed by atoms with van der Waals surface area (Å²) in [7, 11) is 1.77. The fourth-order valence-corrected chi connectivity index (χ4v) is 2.99. The van der Waals surface area contributed by atoms with Gasteiger partial charge in [-0.25, -0.2) is 4.79 Å². The molecule has 1 amide bonds. The predicted molar refractivity (Wildman–Crippen MR) is 90.2 cm³/mol. The summed E-state index contributed by atoms with van der Waals surface area (Å²) in [4.78, 5) is 26.1. The first-order chi connectivity index (χ1) is 11.6. The van der Waals surface area contributed by atoms with E-state index >= 15 is 0 Å². The molecule has 124 valence electrons.